The summed E-state index contributed by atoms with van der Waals surface area (Å²) in [7, 11) is 0. The number of benzene rings is 1. The monoisotopic (exact) mass is 287 g/mol. The van der Waals surface area contributed by atoms with Crippen LogP contribution in [0.3, 0.4) is 0 Å². The van der Waals surface area contributed by atoms with E-state index >= 15 is 0 Å². The van der Waals surface area contributed by atoms with E-state index in [9.17, 15) is 0 Å². The SMILES string of the molecule is CCCNC(=S)NC(=S)Nc1ccc(Cl)cc1. The molecule has 0 fully saturated rings. The maximum absolute atomic E-state index is 5.78. The van der Waals surface area contributed by atoms with Gasteiger partial charge in [-0.05, 0) is 55.1 Å². The van der Waals surface area contributed by atoms with Gasteiger partial charge in [0.05, 0.1) is 0 Å². The number of hydrogen-bond acceptors (Lipinski definition) is 2. The third-order valence-corrected chi connectivity index (χ3v) is 2.57. The molecule has 17 heavy (non-hydrogen) atoms. The van der Waals surface area contributed by atoms with Gasteiger partial charge in [0.2, 0.25) is 0 Å². The van der Waals surface area contributed by atoms with E-state index in [1.54, 1.807) is 12.1 Å². The standard InChI is InChI=1S/C11H14ClN3S2/c1-2-7-13-10(16)15-11(17)14-9-5-3-8(12)4-6-9/h3-6H,2,7H2,1H3,(H3,13,14,15,16,17). The summed E-state index contributed by atoms with van der Waals surface area (Å²) in [6.45, 7) is 2.90. The van der Waals surface area contributed by atoms with Crippen LogP contribution in [0.1, 0.15) is 13.3 Å². The van der Waals surface area contributed by atoms with Crippen LogP contribution in [-0.4, -0.2) is 16.8 Å². The van der Waals surface area contributed by atoms with Crippen molar-refractivity contribution < 1.29 is 0 Å². The predicted octanol–water partition coefficient (Wildman–Crippen LogP) is 2.91. The molecular weight excluding hydrogens is 274 g/mol. The molecule has 6 heteroatoms. The lowest BCUT2D eigenvalue weighted by Gasteiger charge is -2.12. The first-order valence-electron chi connectivity index (χ1n) is 5.23. The molecule has 0 aliphatic rings. The molecule has 0 bridgehead atoms. The Morgan fingerprint density at radius 1 is 1.18 bits per heavy atom. The fraction of sp³-hybridized carbons (Fsp3) is 0.273. The minimum atomic E-state index is 0.459. The van der Waals surface area contributed by atoms with Gasteiger partial charge >= 0.3 is 0 Å². The summed E-state index contributed by atoms with van der Waals surface area (Å²) in [5.41, 5.74) is 0.866. The minimum absolute atomic E-state index is 0.459. The molecule has 1 aromatic rings. The molecular formula is C11H14ClN3S2. The van der Waals surface area contributed by atoms with E-state index in [0.29, 0.717) is 15.2 Å². The maximum atomic E-state index is 5.78. The van der Waals surface area contributed by atoms with Crippen molar-refractivity contribution in [2.75, 3.05) is 11.9 Å². The number of hydrogen-bond donors (Lipinski definition) is 3. The molecule has 0 heterocycles. The van der Waals surface area contributed by atoms with Crippen LogP contribution in [0, 0.1) is 0 Å². The van der Waals surface area contributed by atoms with Crippen molar-refractivity contribution in [1.29, 1.82) is 0 Å². The fourth-order valence-corrected chi connectivity index (χ4v) is 1.70. The summed E-state index contributed by atoms with van der Waals surface area (Å²) in [5, 5.41) is 10.6. The average molecular weight is 288 g/mol. The second-order valence-corrected chi connectivity index (χ2v) is 4.59. The zero-order chi connectivity index (χ0) is 12.7. The molecule has 0 aliphatic carbocycles. The van der Waals surface area contributed by atoms with Crippen LogP contribution >= 0.6 is 36.0 Å². The molecule has 0 radical (unpaired) electrons. The molecule has 0 aliphatic heterocycles. The van der Waals surface area contributed by atoms with Crippen LogP contribution in [-0.2, 0) is 0 Å². The van der Waals surface area contributed by atoms with Crippen molar-refractivity contribution in [2.24, 2.45) is 0 Å². The van der Waals surface area contributed by atoms with Gasteiger partial charge in [-0.3, -0.25) is 0 Å². The molecule has 0 amide bonds. The Balaban J connectivity index is 2.39. The first-order valence-corrected chi connectivity index (χ1v) is 6.42. The highest BCUT2D eigenvalue weighted by molar-refractivity contribution is 7.82. The molecule has 1 rings (SSSR count). The Hall–Kier alpha value is -0.910. The van der Waals surface area contributed by atoms with E-state index in [0.717, 1.165) is 18.7 Å². The molecule has 92 valence electrons. The number of rotatable bonds is 3. The summed E-state index contributed by atoms with van der Waals surface area (Å²) < 4.78 is 0. The van der Waals surface area contributed by atoms with Crippen molar-refractivity contribution in [3.63, 3.8) is 0 Å². The quantitative estimate of drug-likeness (QED) is 0.745. The average Bonchev–Trinajstić information content (AvgIpc) is 2.29. The van der Waals surface area contributed by atoms with Gasteiger partial charge in [-0.15, -0.1) is 0 Å². The van der Waals surface area contributed by atoms with Gasteiger partial charge in [-0.25, -0.2) is 0 Å². The largest absolute Gasteiger partial charge is 0.362 e. The second-order valence-electron chi connectivity index (χ2n) is 3.34. The lowest BCUT2D eigenvalue weighted by atomic mass is 10.3. The van der Waals surface area contributed by atoms with Crippen LogP contribution < -0.4 is 16.0 Å². The fourth-order valence-electron chi connectivity index (χ4n) is 1.08. The highest BCUT2D eigenvalue weighted by Gasteiger charge is 2.00. The van der Waals surface area contributed by atoms with Crippen LogP contribution in [0.4, 0.5) is 5.69 Å². The molecule has 3 nitrogen and oxygen atoms in total. The van der Waals surface area contributed by atoms with Crippen molar-refractivity contribution in [3.8, 4) is 0 Å². The van der Waals surface area contributed by atoms with Gasteiger partial charge in [0.15, 0.2) is 10.2 Å². The zero-order valence-electron chi connectivity index (χ0n) is 9.42. The Kier molecular flexibility index (Phi) is 6.18. The molecule has 0 spiro atoms. The molecule has 0 atom stereocenters. The Bertz CT molecular complexity index is 392. The van der Waals surface area contributed by atoms with Gasteiger partial charge in [0, 0.05) is 17.3 Å². The van der Waals surface area contributed by atoms with Crippen molar-refractivity contribution >= 4 is 51.9 Å². The first kappa shape index (κ1) is 14.2. The predicted molar refractivity (Wildman–Crippen MR) is 81.7 cm³/mol. The van der Waals surface area contributed by atoms with Gasteiger partial charge < -0.3 is 16.0 Å². The van der Waals surface area contributed by atoms with Crippen LogP contribution in [0.25, 0.3) is 0 Å². The first-order chi connectivity index (χ1) is 8.11. The van der Waals surface area contributed by atoms with E-state index in [4.69, 9.17) is 36.0 Å². The Morgan fingerprint density at radius 3 is 2.41 bits per heavy atom. The highest BCUT2D eigenvalue weighted by Crippen LogP contribution is 2.12. The lowest BCUT2D eigenvalue weighted by molar-refractivity contribution is 0.836. The summed E-state index contributed by atoms with van der Waals surface area (Å²) >= 11 is 16.0. The van der Waals surface area contributed by atoms with Crippen LogP contribution in [0.15, 0.2) is 24.3 Å². The van der Waals surface area contributed by atoms with E-state index in [2.05, 4.69) is 22.9 Å². The number of anilines is 1. The third kappa shape index (κ3) is 5.81. The lowest BCUT2D eigenvalue weighted by Crippen LogP contribution is -2.41. The summed E-state index contributed by atoms with van der Waals surface area (Å²) in [6.07, 6.45) is 1.01. The molecule has 0 saturated carbocycles. The van der Waals surface area contributed by atoms with Gasteiger partial charge in [0.25, 0.3) is 0 Å². The van der Waals surface area contributed by atoms with E-state index < -0.39 is 0 Å². The summed E-state index contributed by atoms with van der Waals surface area (Å²) in [4.78, 5) is 0. The number of thiocarbonyl (C=S) groups is 2. The zero-order valence-corrected chi connectivity index (χ0v) is 11.8. The van der Waals surface area contributed by atoms with E-state index in [1.165, 1.54) is 0 Å². The third-order valence-electron chi connectivity index (χ3n) is 1.86. The molecule has 1 aromatic carbocycles. The topological polar surface area (TPSA) is 36.1 Å². The van der Waals surface area contributed by atoms with Crippen molar-refractivity contribution in [3.05, 3.63) is 29.3 Å². The Labute approximate surface area is 117 Å². The molecule has 0 saturated heterocycles. The molecule has 0 unspecified atom stereocenters. The minimum Gasteiger partial charge on any atom is -0.362 e. The Morgan fingerprint density at radius 2 is 1.82 bits per heavy atom. The van der Waals surface area contributed by atoms with Crippen LogP contribution in [0.5, 0.6) is 0 Å². The summed E-state index contributed by atoms with van der Waals surface area (Å²) in [5.74, 6) is 0. The van der Waals surface area contributed by atoms with Gasteiger partial charge in [-0.1, -0.05) is 18.5 Å². The van der Waals surface area contributed by atoms with Gasteiger partial charge in [-0.2, -0.15) is 0 Å². The smallest absolute Gasteiger partial charge is 0.177 e. The maximum Gasteiger partial charge on any atom is 0.177 e. The second kappa shape index (κ2) is 7.42. The number of nitrogens with one attached hydrogen (secondary N) is 3. The van der Waals surface area contributed by atoms with Crippen molar-refractivity contribution in [1.82, 2.24) is 10.6 Å². The van der Waals surface area contributed by atoms with E-state index in [1.807, 2.05) is 12.1 Å². The molecule has 3 N–H and O–H groups in total. The summed E-state index contributed by atoms with van der Waals surface area (Å²) in [6, 6.07) is 7.28. The van der Waals surface area contributed by atoms with E-state index in [-0.39, 0.29) is 0 Å². The normalized spacial score (nSPS) is 9.53. The molecule has 0 aromatic heterocycles. The highest BCUT2D eigenvalue weighted by atomic mass is 35.5. The van der Waals surface area contributed by atoms with Crippen molar-refractivity contribution in [2.45, 2.75) is 13.3 Å². The number of halogens is 1. The van der Waals surface area contributed by atoms with Gasteiger partial charge in [0.1, 0.15) is 0 Å². The van der Waals surface area contributed by atoms with Crippen LogP contribution in [0.2, 0.25) is 5.02 Å².